The average Bonchev–Trinajstić information content (AvgIpc) is 3.13. The number of amides is 1. The molecule has 2 aliphatic rings. The first-order valence-electron chi connectivity index (χ1n) is 8.98. The van der Waals surface area contributed by atoms with Gasteiger partial charge in [-0.2, -0.15) is 5.10 Å². The van der Waals surface area contributed by atoms with Gasteiger partial charge in [0.15, 0.2) is 0 Å². The fraction of sp³-hybridized carbons (Fsp3) is 0.526. The Morgan fingerprint density at radius 1 is 1.32 bits per heavy atom. The molecule has 1 atom stereocenters. The van der Waals surface area contributed by atoms with E-state index < -0.39 is 0 Å². The molecule has 2 aromatic rings. The van der Waals surface area contributed by atoms with E-state index in [-0.39, 0.29) is 17.4 Å². The molecular formula is C19H25N5O. The molecule has 6 nitrogen and oxygen atoms in total. The van der Waals surface area contributed by atoms with Crippen LogP contribution in [0.15, 0.2) is 30.6 Å². The fourth-order valence-electron chi connectivity index (χ4n) is 4.35. The topological polar surface area (TPSA) is 63.1 Å². The van der Waals surface area contributed by atoms with E-state index in [1.165, 1.54) is 5.56 Å². The van der Waals surface area contributed by atoms with Crippen molar-refractivity contribution in [2.45, 2.75) is 44.2 Å². The molecular weight excluding hydrogens is 314 g/mol. The van der Waals surface area contributed by atoms with E-state index in [9.17, 15) is 4.79 Å². The van der Waals surface area contributed by atoms with Crippen LogP contribution in [0.1, 0.15) is 42.1 Å². The van der Waals surface area contributed by atoms with Crippen molar-refractivity contribution in [3.63, 3.8) is 0 Å². The second kappa shape index (κ2) is 6.26. The summed E-state index contributed by atoms with van der Waals surface area (Å²) in [6.45, 7) is 4.86. The Morgan fingerprint density at radius 3 is 2.80 bits per heavy atom. The number of likely N-dealkylation sites (tertiary alicyclic amines) is 1. The van der Waals surface area contributed by atoms with E-state index in [0.717, 1.165) is 43.9 Å². The van der Waals surface area contributed by atoms with Gasteiger partial charge < -0.3 is 5.32 Å². The molecule has 1 spiro atoms. The Balaban J connectivity index is 1.46. The molecule has 0 radical (unpaired) electrons. The zero-order valence-corrected chi connectivity index (χ0v) is 14.9. The zero-order valence-electron chi connectivity index (χ0n) is 14.9. The van der Waals surface area contributed by atoms with Gasteiger partial charge >= 0.3 is 0 Å². The van der Waals surface area contributed by atoms with Crippen molar-refractivity contribution in [1.82, 2.24) is 25.0 Å². The maximum atomic E-state index is 12.2. The largest absolute Gasteiger partial charge is 0.350 e. The van der Waals surface area contributed by atoms with Crippen LogP contribution in [0.4, 0.5) is 0 Å². The predicted octanol–water partition coefficient (Wildman–Crippen LogP) is 1.76. The van der Waals surface area contributed by atoms with Crippen LogP contribution in [-0.4, -0.2) is 44.2 Å². The number of carbonyl (C=O) groups is 1. The summed E-state index contributed by atoms with van der Waals surface area (Å²) in [5.41, 5.74) is 3.24. The van der Waals surface area contributed by atoms with Crippen LogP contribution >= 0.6 is 0 Å². The van der Waals surface area contributed by atoms with Gasteiger partial charge in [-0.1, -0.05) is 6.07 Å². The molecule has 1 unspecified atom stereocenters. The number of hydrogen-bond acceptors (Lipinski definition) is 4. The smallest absolute Gasteiger partial charge is 0.221 e. The number of nitrogens with zero attached hydrogens (tertiary/aromatic N) is 4. The molecule has 4 rings (SSSR count). The molecule has 2 saturated heterocycles. The van der Waals surface area contributed by atoms with Gasteiger partial charge in [-0.3, -0.25) is 19.4 Å². The zero-order chi connectivity index (χ0) is 17.4. The van der Waals surface area contributed by atoms with E-state index >= 15 is 0 Å². The van der Waals surface area contributed by atoms with Crippen LogP contribution in [0.3, 0.4) is 0 Å². The van der Waals surface area contributed by atoms with Crippen LogP contribution in [0, 0.1) is 6.92 Å². The van der Waals surface area contributed by atoms with Crippen LogP contribution < -0.4 is 5.32 Å². The maximum absolute atomic E-state index is 12.2. The highest BCUT2D eigenvalue weighted by Gasteiger charge is 2.49. The number of aryl methyl sites for hydroxylation is 2. The number of rotatable bonds is 3. The quantitative estimate of drug-likeness (QED) is 0.926. The van der Waals surface area contributed by atoms with Gasteiger partial charge in [-0.15, -0.1) is 0 Å². The molecule has 0 saturated carbocycles. The first-order chi connectivity index (χ1) is 12.0. The number of aromatic nitrogens is 3. The lowest BCUT2D eigenvalue weighted by Gasteiger charge is -2.42. The molecule has 2 aromatic heterocycles. The highest BCUT2D eigenvalue weighted by Crippen LogP contribution is 2.43. The van der Waals surface area contributed by atoms with E-state index in [1.54, 1.807) is 0 Å². The molecule has 4 heterocycles. The van der Waals surface area contributed by atoms with E-state index in [1.807, 2.05) is 30.9 Å². The molecule has 0 bridgehead atoms. The molecule has 1 N–H and O–H groups in total. The minimum atomic E-state index is -0.114. The Kier molecular flexibility index (Phi) is 4.07. The summed E-state index contributed by atoms with van der Waals surface area (Å²) in [5, 5.41) is 7.60. The van der Waals surface area contributed by atoms with Crippen molar-refractivity contribution < 1.29 is 4.79 Å². The minimum Gasteiger partial charge on any atom is -0.350 e. The lowest BCUT2D eigenvalue weighted by Crippen LogP contribution is -2.53. The van der Waals surface area contributed by atoms with Gasteiger partial charge in [-0.25, -0.2) is 0 Å². The number of nitrogens with one attached hydrogen (secondary N) is 1. The fourth-order valence-corrected chi connectivity index (χ4v) is 4.35. The Hall–Kier alpha value is -2.21. The van der Waals surface area contributed by atoms with Gasteiger partial charge in [0.2, 0.25) is 5.91 Å². The number of carbonyl (C=O) groups excluding carboxylic acids is 1. The monoisotopic (exact) mass is 339 g/mol. The number of pyridine rings is 1. The summed E-state index contributed by atoms with van der Waals surface area (Å²) >= 11 is 0. The molecule has 25 heavy (non-hydrogen) atoms. The lowest BCUT2D eigenvalue weighted by atomic mass is 9.75. The van der Waals surface area contributed by atoms with Crippen molar-refractivity contribution in [3.8, 4) is 0 Å². The SMILES string of the molecule is Cc1cccc(CN2CCC3(CC2)NC(=O)CC3c2cnn(C)c2)n1. The maximum Gasteiger partial charge on any atom is 0.221 e. The van der Waals surface area contributed by atoms with Crippen LogP contribution in [0.5, 0.6) is 0 Å². The summed E-state index contributed by atoms with van der Waals surface area (Å²) in [4.78, 5) is 19.2. The first kappa shape index (κ1) is 16.3. The van der Waals surface area contributed by atoms with Crippen molar-refractivity contribution in [2.24, 2.45) is 7.05 Å². The van der Waals surface area contributed by atoms with Gasteiger partial charge in [-0.05, 0) is 37.5 Å². The molecule has 2 aliphatic heterocycles. The predicted molar refractivity (Wildman–Crippen MR) is 94.9 cm³/mol. The average molecular weight is 339 g/mol. The number of hydrogen-bond donors (Lipinski definition) is 1. The van der Waals surface area contributed by atoms with Gasteiger partial charge in [0, 0.05) is 56.5 Å². The van der Waals surface area contributed by atoms with E-state index in [4.69, 9.17) is 0 Å². The molecule has 132 valence electrons. The van der Waals surface area contributed by atoms with Gasteiger partial charge in [0.1, 0.15) is 0 Å². The number of piperidine rings is 1. The lowest BCUT2D eigenvalue weighted by molar-refractivity contribution is -0.120. The third-order valence-corrected chi connectivity index (χ3v) is 5.65. The van der Waals surface area contributed by atoms with E-state index in [2.05, 4.69) is 38.6 Å². The molecule has 6 heteroatoms. The Morgan fingerprint density at radius 2 is 2.12 bits per heavy atom. The summed E-state index contributed by atoms with van der Waals surface area (Å²) in [6, 6.07) is 6.19. The Labute approximate surface area is 148 Å². The highest BCUT2D eigenvalue weighted by atomic mass is 16.2. The normalized spacial score (nSPS) is 23.1. The molecule has 0 aliphatic carbocycles. The second-order valence-corrected chi connectivity index (χ2v) is 7.45. The standard InChI is InChI=1S/C19H25N5O/c1-14-4-3-5-16(21-14)13-24-8-6-19(7-9-24)17(10-18(25)22-19)15-11-20-23(2)12-15/h3-5,11-12,17H,6-10,13H2,1-2H3,(H,22,25). The van der Waals surface area contributed by atoms with E-state index in [0.29, 0.717) is 6.42 Å². The highest BCUT2D eigenvalue weighted by molar-refractivity contribution is 5.81. The van der Waals surface area contributed by atoms with Crippen LogP contribution in [0.2, 0.25) is 0 Å². The van der Waals surface area contributed by atoms with Crippen LogP contribution in [-0.2, 0) is 18.4 Å². The second-order valence-electron chi connectivity index (χ2n) is 7.45. The summed E-state index contributed by atoms with van der Waals surface area (Å²) in [7, 11) is 1.93. The first-order valence-corrected chi connectivity index (χ1v) is 8.98. The van der Waals surface area contributed by atoms with Crippen molar-refractivity contribution in [3.05, 3.63) is 47.5 Å². The molecule has 2 fully saturated rings. The third-order valence-electron chi connectivity index (χ3n) is 5.65. The molecule has 0 aromatic carbocycles. The third kappa shape index (κ3) is 3.18. The Bertz CT molecular complexity index is 776. The molecule has 1 amide bonds. The van der Waals surface area contributed by atoms with Crippen molar-refractivity contribution in [1.29, 1.82) is 0 Å². The van der Waals surface area contributed by atoms with Crippen molar-refractivity contribution in [2.75, 3.05) is 13.1 Å². The van der Waals surface area contributed by atoms with Gasteiger partial charge in [0.25, 0.3) is 0 Å². The minimum absolute atomic E-state index is 0.114. The van der Waals surface area contributed by atoms with Crippen LogP contribution in [0.25, 0.3) is 0 Å². The van der Waals surface area contributed by atoms with Crippen molar-refractivity contribution >= 4 is 5.91 Å². The summed E-state index contributed by atoms with van der Waals surface area (Å²) < 4.78 is 1.82. The summed E-state index contributed by atoms with van der Waals surface area (Å²) in [5.74, 6) is 0.399. The van der Waals surface area contributed by atoms with Gasteiger partial charge in [0.05, 0.1) is 11.9 Å². The summed E-state index contributed by atoms with van der Waals surface area (Å²) in [6.07, 6.45) is 6.49.